The molecule has 1 atom stereocenters. The molecule has 2 aliphatic heterocycles. The highest BCUT2D eigenvalue weighted by Crippen LogP contribution is 2.31. The monoisotopic (exact) mass is 355 g/mol. The molecule has 0 fully saturated rings. The number of benzene rings is 2. The second-order valence-electron chi connectivity index (χ2n) is 6.21. The first-order valence-electron chi connectivity index (χ1n) is 8.04. The van der Waals surface area contributed by atoms with Crippen molar-refractivity contribution in [1.29, 1.82) is 0 Å². The van der Waals surface area contributed by atoms with Gasteiger partial charge in [-0.2, -0.15) is 0 Å². The zero-order valence-corrected chi connectivity index (χ0v) is 14.5. The molecule has 1 N–H and O–H groups in total. The molecule has 2 aliphatic rings. The van der Waals surface area contributed by atoms with E-state index in [9.17, 15) is 13.2 Å². The van der Waals surface area contributed by atoms with E-state index in [1.54, 1.807) is 23.1 Å². The number of carbonyl (C=O) groups excluding carboxylic acids is 1. The van der Waals surface area contributed by atoms with E-state index in [0.717, 1.165) is 17.7 Å². The Hall–Kier alpha value is -2.67. The van der Waals surface area contributed by atoms with Crippen molar-refractivity contribution in [3.63, 3.8) is 0 Å². The maximum absolute atomic E-state index is 12.7. The number of para-hydroxylation sites is 1. The summed E-state index contributed by atoms with van der Waals surface area (Å²) in [4.78, 5) is 18.9. The number of nitrogens with zero attached hydrogens (tertiary/aromatic N) is 2. The van der Waals surface area contributed by atoms with Crippen molar-refractivity contribution in [2.45, 2.75) is 24.3 Å². The molecule has 128 valence electrons. The Kier molecular flexibility index (Phi) is 3.61. The molecule has 25 heavy (non-hydrogen) atoms. The minimum Gasteiger partial charge on any atom is -0.307 e. The lowest BCUT2D eigenvalue weighted by atomic mass is 10.1. The summed E-state index contributed by atoms with van der Waals surface area (Å²) in [5.74, 6) is 0.0811. The molecule has 0 radical (unpaired) electrons. The normalized spacial score (nSPS) is 21.7. The van der Waals surface area contributed by atoms with Crippen molar-refractivity contribution < 1.29 is 13.2 Å². The van der Waals surface area contributed by atoms with Crippen molar-refractivity contribution >= 4 is 27.5 Å². The fourth-order valence-corrected chi connectivity index (χ4v) is 4.67. The molecule has 7 heteroatoms. The second kappa shape index (κ2) is 5.70. The zero-order chi connectivity index (χ0) is 17.6. The van der Waals surface area contributed by atoms with E-state index in [2.05, 4.69) is 9.71 Å². The largest absolute Gasteiger partial charge is 0.307 e. The van der Waals surface area contributed by atoms with Gasteiger partial charge in [-0.15, -0.1) is 0 Å². The number of fused-ring (bicyclic) bond motifs is 2. The molecule has 0 aliphatic carbocycles. The Balaban J connectivity index is 1.60. The summed E-state index contributed by atoms with van der Waals surface area (Å²) in [5, 5.41) is 0. The van der Waals surface area contributed by atoms with Gasteiger partial charge in [-0.1, -0.05) is 30.3 Å². The Morgan fingerprint density at radius 2 is 1.92 bits per heavy atom. The average Bonchev–Trinajstić information content (AvgIpc) is 3.06. The predicted octanol–water partition coefficient (Wildman–Crippen LogP) is 1.70. The van der Waals surface area contributed by atoms with Crippen molar-refractivity contribution in [2.75, 3.05) is 11.4 Å². The summed E-state index contributed by atoms with van der Waals surface area (Å²) in [5.41, 5.74) is 2.56. The summed E-state index contributed by atoms with van der Waals surface area (Å²) >= 11 is 0. The van der Waals surface area contributed by atoms with Crippen LogP contribution in [0.1, 0.15) is 18.1 Å². The van der Waals surface area contributed by atoms with Crippen molar-refractivity contribution in [3.8, 4) is 0 Å². The van der Waals surface area contributed by atoms with E-state index in [4.69, 9.17) is 0 Å². The highest BCUT2D eigenvalue weighted by atomic mass is 32.2. The molecule has 4 rings (SSSR count). The Morgan fingerprint density at radius 1 is 1.20 bits per heavy atom. The highest BCUT2D eigenvalue weighted by molar-refractivity contribution is 7.90. The number of hydrogen-bond acceptors (Lipinski definition) is 4. The number of aliphatic imine (C=N–C) groups is 1. The topological polar surface area (TPSA) is 78.8 Å². The lowest BCUT2D eigenvalue weighted by Gasteiger charge is -2.21. The van der Waals surface area contributed by atoms with Gasteiger partial charge in [0.05, 0.1) is 4.90 Å². The first-order valence-corrected chi connectivity index (χ1v) is 9.52. The van der Waals surface area contributed by atoms with E-state index in [1.807, 2.05) is 31.2 Å². The molecule has 0 saturated heterocycles. The van der Waals surface area contributed by atoms with Crippen LogP contribution in [0, 0.1) is 0 Å². The van der Waals surface area contributed by atoms with Crippen LogP contribution in [-0.4, -0.2) is 32.7 Å². The molecular weight excluding hydrogens is 338 g/mol. The van der Waals surface area contributed by atoms with Crippen molar-refractivity contribution in [2.24, 2.45) is 4.99 Å². The van der Waals surface area contributed by atoms with Crippen LogP contribution in [0.2, 0.25) is 0 Å². The maximum atomic E-state index is 12.7. The molecule has 0 bridgehead atoms. The van der Waals surface area contributed by atoms with Gasteiger partial charge in [-0.3, -0.25) is 14.5 Å². The number of sulfonamides is 1. The average molecular weight is 355 g/mol. The third-order valence-electron chi connectivity index (χ3n) is 4.51. The standard InChI is InChI=1S/C18H17N3O3S/c1-12-10-13-6-2-4-8-15(13)21(12)17(22)11-19-18-14-7-3-5-9-16(14)25(23,24)20-18/h2-9,12H,10-11H2,1H3,(H,19,20). The Morgan fingerprint density at radius 3 is 2.76 bits per heavy atom. The molecule has 0 spiro atoms. The molecule has 6 nitrogen and oxygen atoms in total. The highest BCUT2D eigenvalue weighted by Gasteiger charge is 2.32. The number of carbonyl (C=O) groups is 1. The lowest BCUT2D eigenvalue weighted by molar-refractivity contribution is -0.117. The molecule has 1 amide bonds. The summed E-state index contributed by atoms with van der Waals surface area (Å²) in [6, 6.07) is 14.5. The van der Waals surface area contributed by atoms with Crippen molar-refractivity contribution in [1.82, 2.24) is 4.72 Å². The van der Waals surface area contributed by atoms with E-state index in [0.29, 0.717) is 5.56 Å². The molecule has 0 saturated carbocycles. The summed E-state index contributed by atoms with van der Waals surface area (Å²) in [6.45, 7) is 1.89. The van der Waals surface area contributed by atoms with Crippen LogP contribution < -0.4 is 9.62 Å². The van der Waals surface area contributed by atoms with Crippen LogP contribution in [0.3, 0.4) is 0 Å². The fraction of sp³-hybridized carbons (Fsp3) is 0.222. The smallest absolute Gasteiger partial charge is 0.263 e. The molecule has 0 aromatic heterocycles. The van der Waals surface area contributed by atoms with Crippen LogP contribution >= 0.6 is 0 Å². The lowest BCUT2D eigenvalue weighted by Crippen LogP contribution is -2.37. The van der Waals surface area contributed by atoms with Gasteiger partial charge in [-0.05, 0) is 37.1 Å². The molecule has 2 heterocycles. The number of amides is 1. The molecular formula is C18H17N3O3S. The second-order valence-corrected chi connectivity index (χ2v) is 7.86. The number of nitrogens with one attached hydrogen (secondary N) is 1. The molecule has 2 aromatic rings. The minimum absolute atomic E-state index is 0.0673. The summed E-state index contributed by atoms with van der Waals surface area (Å²) in [6.07, 6.45) is 0.813. The minimum atomic E-state index is -3.59. The number of anilines is 1. The molecule has 1 unspecified atom stereocenters. The van der Waals surface area contributed by atoms with Gasteiger partial charge >= 0.3 is 0 Å². The fourth-order valence-electron chi connectivity index (χ4n) is 3.42. The third-order valence-corrected chi connectivity index (χ3v) is 5.91. The Labute approximate surface area is 146 Å². The van der Waals surface area contributed by atoms with Gasteiger partial charge in [-0.25, -0.2) is 8.42 Å². The third kappa shape index (κ3) is 2.60. The number of hydrogen-bond donors (Lipinski definition) is 1. The van der Waals surface area contributed by atoms with E-state index < -0.39 is 10.0 Å². The van der Waals surface area contributed by atoms with E-state index in [1.165, 1.54) is 6.07 Å². The van der Waals surface area contributed by atoms with E-state index in [-0.39, 0.29) is 29.2 Å². The SMILES string of the molecule is CC1Cc2ccccc2N1C(=O)CN=C1NS(=O)(=O)c2ccccc21. The number of rotatable bonds is 2. The Bertz CT molecular complexity index is 998. The van der Waals surface area contributed by atoms with Gasteiger partial charge in [0.1, 0.15) is 12.4 Å². The van der Waals surface area contributed by atoms with E-state index >= 15 is 0 Å². The van der Waals surface area contributed by atoms with Gasteiger partial charge in [0, 0.05) is 17.3 Å². The zero-order valence-electron chi connectivity index (χ0n) is 13.6. The van der Waals surface area contributed by atoms with Gasteiger partial charge in [0.15, 0.2) is 0 Å². The van der Waals surface area contributed by atoms with Gasteiger partial charge in [0.25, 0.3) is 10.0 Å². The van der Waals surface area contributed by atoms with Gasteiger partial charge < -0.3 is 4.90 Å². The van der Waals surface area contributed by atoms with Gasteiger partial charge in [0.2, 0.25) is 5.91 Å². The first-order chi connectivity index (χ1) is 12.0. The quantitative estimate of drug-likeness (QED) is 0.891. The van der Waals surface area contributed by atoms with Crippen molar-refractivity contribution in [3.05, 3.63) is 59.7 Å². The maximum Gasteiger partial charge on any atom is 0.263 e. The van der Waals surface area contributed by atoms with Crippen LogP contribution in [0.15, 0.2) is 58.4 Å². The molecule has 2 aromatic carbocycles. The van der Waals surface area contributed by atoms with Crippen LogP contribution in [0.5, 0.6) is 0 Å². The summed E-state index contributed by atoms with van der Waals surface area (Å²) in [7, 11) is -3.59. The van der Waals surface area contributed by atoms with Crippen LogP contribution in [-0.2, 0) is 21.2 Å². The summed E-state index contributed by atoms with van der Waals surface area (Å²) < 4.78 is 26.6. The number of amidine groups is 1. The van der Waals surface area contributed by atoms with Crippen LogP contribution in [0.4, 0.5) is 5.69 Å². The van der Waals surface area contributed by atoms with Crippen LogP contribution in [0.25, 0.3) is 0 Å². The first kappa shape index (κ1) is 15.8. The predicted molar refractivity (Wildman–Crippen MR) is 95.3 cm³/mol.